The molecular weight excluding hydrogens is 290 g/mol. The Bertz CT molecular complexity index is 364. The highest BCUT2D eigenvalue weighted by Gasteiger charge is 2.26. The van der Waals surface area contributed by atoms with Crippen molar-refractivity contribution in [2.75, 3.05) is 33.2 Å². The second kappa shape index (κ2) is 9.48. The molecule has 5 heteroatoms. The lowest BCUT2D eigenvalue weighted by Gasteiger charge is -2.35. The maximum absolute atomic E-state index is 12.2. The minimum Gasteiger partial charge on any atom is -0.393 e. The summed E-state index contributed by atoms with van der Waals surface area (Å²) in [6.45, 7) is 5.74. The molecule has 1 saturated carbocycles. The first-order valence-electron chi connectivity index (χ1n) is 9.53. The minimum atomic E-state index is -0.238. The van der Waals surface area contributed by atoms with Crippen LogP contribution >= 0.6 is 0 Å². The molecule has 0 aromatic heterocycles. The molecule has 2 rings (SSSR count). The average Bonchev–Trinajstić information content (AvgIpc) is 2.57. The molecule has 1 heterocycles. The molecule has 1 saturated heterocycles. The Morgan fingerprint density at radius 2 is 1.96 bits per heavy atom. The van der Waals surface area contributed by atoms with Gasteiger partial charge in [-0.1, -0.05) is 26.2 Å². The lowest BCUT2D eigenvalue weighted by molar-refractivity contribution is 0.0563. The summed E-state index contributed by atoms with van der Waals surface area (Å²) in [5.41, 5.74) is 0. The molecule has 1 aliphatic heterocycles. The topological polar surface area (TPSA) is 55.8 Å². The zero-order chi connectivity index (χ0) is 16.7. The van der Waals surface area contributed by atoms with Gasteiger partial charge in [0.2, 0.25) is 0 Å². The molecule has 2 amide bonds. The van der Waals surface area contributed by atoms with Gasteiger partial charge in [-0.05, 0) is 38.6 Å². The van der Waals surface area contributed by atoms with Gasteiger partial charge >= 0.3 is 6.03 Å². The zero-order valence-corrected chi connectivity index (χ0v) is 15.0. The number of likely N-dealkylation sites (tertiary alicyclic amines) is 1. The number of carbonyl (C=O) groups is 1. The maximum Gasteiger partial charge on any atom is 0.317 e. The van der Waals surface area contributed by atoms with Crippen molar-refractivity contribution in [2.45, 2.75) is 70.4 Å². The van der Waals surface area contributed by atoms with E-state index in [0.29, 0.717) is 19.1 Å². The van der Waals surface area contributed by atoms with Gasteiger partial charge in [-0.25, -0.2) is 4.79 Å². The van der Waals surface area contributed by atoms with Crippen LogP contribution in [0.5, 0.6) is 0 Å². The van der Waals surface area contributed by atoms with Gasteiger partial charge < -0.3 is 15.3 Å². The predicted octanol–water partition coefficient (Wildman–Crippen LogP) is 2.44. The van der Waals surface area contributed by atoms with Crippen molar-refractivity contribution in [3.05, 3.63) is 0 Å². The molecule has 3 unspecified atom stereocenters. The number of piperidine rings is 1. The Balaban J connectivity index is 1.67. The molecule has 2 fully saturated rings. The normalized spacial score (nSPS) is 29.3. The fourth-order valence-electron chi connectivity index (χ4n) is 4.09. The summed E-state index contributed by atoms with van der Waals surface area (Å²) in [6, 6.07) is 0.684. The monoisotopic (exact) mass is 325 g/mol. The van der Waals surface area contributed by atoms with Gasteiger partial charge in [0.1, 0.15) is 0 Å². The first kappa shape index (κ1) is 18.5. The van der Waals surface area contributed by atoms with Crippen molar-refractivity contribution in [1.29, 1.82) is 0 Å². The molecule has 0 aromatic carbocycles. The van der Waals surface area contributed by atoms with E-state index in [1.807, 2.05) is 7.05 Å². The molecule has 0 spiro atoms. The summed E-state index contributed by atoms with van der Waals surface area (Å²) in [5, 5.41) is 13.1. The minimum absolute atomic E-state index is 0.00664. The number of amides is 2. The summed E-state index contributed by atoms with van der Waals surface area (Å²) in [4.78, 5) is 16.5. The maximum atomic E-state index is 12.2. The molecule has 0 bridgehead atoms. The first-order chi connectivity index (χ1) is 11.1. The molecular formula is C18H35N3O2. The zero-order valence-electron chi connectivity index (χ0n) is 15.0. The highest BCUT2D eigenvalue weighted by atomic mass is 16.3. The van der Waals surface area contributed by atoms with Crippen LogP contribution in [0.2, 0.25) is 0 Å². The Hall–Kier alpha value is -0.810. The van der Waals surface area contributed by atoms with E-state index in [2.05, 4.69) is 17.1 Å². The van der Waals surface area contributed by atoms with Crippen LogP contribution in [0.4, 0.5) is 4.79 Å². The summed E-state index contributed by atoms with van der Waals surface area (Å²) >= 11 is 0. The third-order valence-corrected chi connectivity index (χ3v) is 5.62. The fourth-order valence-corrected chi connectivity index (χ4v) is 4.09. The van der Waals surface area contributed by atoms with E-state index in [1.165, 1.54) is 38.6 Å². The van der Waals surface area contributed by atoms with E-state index in [-0.39, 0.29) is 18.1 Å². The van der Waals surface area contributed by atoms with Crippen LogP contribution in [-0.2, 0) is 0 Å². The lowest BCUT2D eigenvalue weighted by atomic mass is 9.86. The van der Waals surface area contributed by atoms with Gasteiger partial charge in [0, 0.05) is 38.6 Å². The third kappa shape index (κ3) is 5.64. The number of rotatable bonds is 6. The largest absolute Gasteiger partial charge is 0.393 e. The number of nitrogens with one attached hydrogen (secondary N) is 1. The third-order valence-electron chi connectivity index (χ3n) is 5.62. The van der Waals surface area contributed by atoms with E-state index in [0.717, 1.165) is 25.8 Å². The summed E-state index contributed by atoms with van der Waals surface area (Å²) < 4.78 is 0. The lowest BCUT2D eigenvalue weighted by Crippen LogP contribution is -2.47. The molecule has 0 radical (unpaired) electrons. The predicted molar refractivity (Wildman–Crippen MR) is 93.5 cm³/mol. The van der Waals surface area contributed by atoms with Crippen LogP contribution in [0.25, 0.3) is 0 Å². The highest BCUT2D eigenvalue weighted by Crippen LogP contribution is 2.24. The van der Waals surface area contributed by atoms with E-state index >= 15 is 0 Å². The summed E-state index contributed by atoms with van der Waals surface area (Å²) in [7, 11) is 1.84. The molecule has 0 aromatic rings. The van der Waals surface area contributed by atoms with E-state index < -0.39 is 0 Å². The number of hydrogen-bond donors (Lipinski definition) is 2. The van der Waals surface area contributed by atoms with Crippen molar-refractivity contribution < 1.29 is 9.90 Å². The number of urea groups is 1. The smallest absolute Gasteiger partial charge is 0.317 e. The molecule has 3 atom stereocenters. The second-order valence-electron chi connectivity index (χ2n) is 7.32. The first-order valence-corrected chi connectivity index (χ1v) is 9.53. The number of carbonyl (C=O) groups excluding carboxylic acids is 1. The highest BCUT2D eigenvalue weighted by molar-refractivity contribution is 5.73. The summed E-state index contributed by atoms with van der Waals surface area (Å²) in [6.07, 6.45) is 9.08. The van der Waals surface area contributed by atoms with Gasteiger partial charge in [-0.3, -0.25) is 4.90 Å². The van der Waals surface area contributed by atoms with Crippen LogP contribution in [0, 0.1) is 5.92 Å². The quantitative estimate of drug-likeness (QED) is 0.789. The number of hydrogen-bond acceptors (Lipinski definition) is 3. The Labute approximate surface area is 141 Å². The van der Waals surface area contributed by atoms with E-state index in [4.69, 9.17) is 0 Å². The Kier molecular flexibility index (Phi) is 7.63. The molecule has 2 N–H and O–H groups in total. The van der Waals surface area contributed by atoms with Crippen LogP contribution in [0.15, 0.2) is 0 Å². The van der Waals surface area contributed by atoms with E-state index in [1.54, 1.807) is 4.90 Å². The SMILES string of the molecule is CCC1CCCCN1CCNC(=O)N(C)CC1CCCCC1O. The van der Waals surface area contributed by atoms with Crippen LogP contribution in [-0.4, -0.2) is 66.3 Å². The van der Waals surface area contributed by atoms with Crippen molar-refractivity contribution in [1.82, 2.24) is 15.1 Å². The summed E-state index contributed by atoms with van der Waals surface area (Å²) in [5.74, 6) is 0.242. The standard InChI is InChI=1S/C18H35N3O2/c1-3-16-9-6-7-12-21(16)13-11-19-18(23)20(2)14-15-8-4-5-10-17(15)22/h15-17,22H,3-14H2,1-2H3,(H,19,23). The molecule has 5 nitrogen and oxygen atoms in total. The second-order valence-corrected chi connectivity index (χ2v) is 7.32. The van der Waals surface area contributed by atoms with Gasteiger partial charge in [0.05, 0.1) is 6.10 Å². The molecule has 134 valence electrons. The number of aliphatic hydroxyl groups is 1. The molecule has 2 aliphatic rings. The average molecular weight is 325 g/mol. The fraction of sp³-hybridized carbons (Fsp3) is 0.944. The number of aliphatic hydroxyl groups excluding tert-OH is 1. The van der Waals surface area contributed by atoms with Gasteiger partial charge in [-0.15, -0.1) is 0 Å². The molecule has 23 heavy (non-hydrogen) atoms. The number of nitrogens with zero attached hydrogens (tertiary/aromatic N) is 2. The Morgan fingerprint density at radius 1 is 1.22 bits per heavy atom. The van der Waals surface area contributed by atoms with Gasteiger partial charge in [-0.2, -0.15) is 0 Å². The van der Waals surface area contributed by atoms with Gasteiger partial charge in [0.25, 0.3) is 0 Å². The van der Waals surface area contributed by atoms with Crippen LogP contribution in [0.1, 0.15) is 58.3 Å². The van der Waals surface area contributed by atoms with Gasteiger partial charge in [0.15, 0.2) is 0 Å². The van der Waals surface area contributed by atoms with E-state index in [9.17, 15) is 9.90 Å². The van der Waals surface area contributed by atoms with Crippen molar-refractivity contribution in [2.24, 2.45) is 5.92 Å². The van der Waals surface area contributed by atoms with Crippen LogP contribution in [0.3, 0.4) is 0 Å². The Morgan fingerprint density at radius 3 is 2.70 bits per heavy atom. The molecule has 1 aliphatic carbocycles. The van der Waals surface area contributed by atoms with Crippen molar-refractivity contribution in [3.8, 4) is 0 Å². The van der Waals surface area contributed by atoms with Crippen molar-refractivity contribution in [3.63, 3.8) is 0 Å². The van der Waals surface area contributed by atoms with Crippen molar-refractivity contribution >= 4 is 6.03 Å². The van der Waals surface area contributed by atoms with Crippen LogP contribution < -0.4 is 5.32 Å².